The quantitative estimate of drug-likeness (QED) is 0.424. The van der Waals surface area contributed by atoms with E-state index in [0.29, 0.717) is 56.0 Å². The summed E-state index contributed by atoms with van der Waals surface area (Å²) in [6.07, 6.45) is 0.125. The summed E-state index contributed by atoms with van der Waals surface area (Å²) in [5.41, 5.74) is 7.87. The number of nitrogens with zero attached hydrogens (tertiary/aromatic N) is 2. The van der Waals surface area contributed by atoms with Gasteiger partial charge >= 0.3 is 0 Å². The van der Waals surface area contributed by atoms with Crippen molar-refractivity contribution in [3.8, 4) is 11.5 Å². The molecule has 0 radical (unpaired) electrons. The zero-order chi connectivity index (χ0) is 21.1. The maximum Gasteiger partial charge on any atom is 0.163 e. The maximum absolute atomic E-state index is 6.34. The number of ether oxygens (including phenoxy) is 5. The van der Waals surface area contributed by atoms with Crippen molar-refractivity contribution < 1.29 is 23.7 Å². The molecule has 3 aromatic rings. The van der Waals surface area contributed by atoms with Gasteiger partial charge in [0.05, 0.1) is 38.1 Å². The topological polar surface area (TPSA) is 110 Å². The number of methoxy groups -OCH3 is 2. The molecule has 0 amide bonds. The maximum atomic E-state index is 6.34. The highest BCUT2D eigenvalue weighted by Gasteiger charge is 2.22. The lowest BCUT2D eigenvalue weighted by Crippen LogP contribution is -2.14. The number of nitrogen functional groups attached to an aromatic ring is 1. The van der Waals surface area contributed by atoms with Crippen LogP contribution in [0.4, 0.5) is 11.6 Å². The normalized spacial score (nSPS) is 14.5. The molecular formula is C21H26N4O5. The summed E-state index contributed by atoms with van der Waals surface area (Å²) in [5, 5.41) is 5.66. The Morgan fingerprint density at radius 1 is 1.07 bits per heavy atom. The molecule has 3 heterocycles. The van der Waals surface area contributed by atoms with Gasteiger partial charge in [-0.15, -0.1) is 0 Å². The van der Waals surface area contributed by atoms with Crippen LogP contribution < -0.4 is 20.5 Å². The van der Waals surface area contributed by atoms with Crippen molar-refractivity contribution in [2.75, 3.05) is 58.7 Å². The summed E-state index contributed by atoms with van der Waals surface area (Å²) in [6, 6.07) is 5.75. The minimum Gasteiger partial charge on any atom is -0.493 e. The van der Waals surface area contributed by atoms with Crippen molar-refractivity contribution in [3.05, 3.63) is 23.9 Å². The fourth-order valence-corrected chi connectivity index (χ4v) is 3.61. The Morgan fingerprint density at radius 3 is 2.57 bits per heavy atom. The molecule has 0 atom stereocenters. The first kappa shape index (κ1) is 20.4. The van der Waals surface area contributed by atoms with Crippen LogP contribution in [0.2, 0.25) is 0 Å². The molecule has 2 aromatic heterocycles. The van der Waals surface area contributed by atoms with Gasteiger partial charge in [-0.3, -0.25) is 4.98 Å². The van der Waals surface area contributed by atoms with Crippen LogP contribution in [0.5, 0.6) is 11.5 Å². The van der Waals surface area contributed by atoms with Gasteiger partial charge in [-0.1, -0.05) is 0 Å². The number of hydrogen-bond acceptors (Lipinski definition) is 9. The third-order valence-electron chi connectivity index (χ3n) is 5.02. The molecule has 9 nitrogen and oxygen atoms in total. The third kappa shape index (κ3) is 3.91. The predicted molar refractivity (Wildman–Crippen MR) is 114 cm³/mol. The summed E-state index contributed by atoms with van der Waals surface area (Å²) < 4.78 is 27.7. The van der Waals surface area contributed by atoms with Crippen molar-refractivity contribution in [2.45, 2.75) is 12.7 Å². The first-order valence-corrected chi connectivity index (χ1v) is 9.78. The van der Waals surface area contributed by atoms with Gasteiger partial charge in [-0.05, 0) is 12.1 Å². The lowest BCUT2D eigenvalue weighted by molar-refractivity contribution is -0.0403. The molecule has 4 rings (SSSR count). The number of fused-ring (bicyclic) bond motifs is 3. The molecule has 0 saturated carbocycles. The molecule has 1 aliphatic rings. The fraction of sp³-hybridized carbons (Fsp3) is 0.429. The van der Waals surface area contributed by atoms with Crippen LogP contribution in [0, 0.1) is 0 Å². The number of pyridine rings is 2. The monoisotopic (exact) mass is 414 g/mol. The van der Waals surface area contributed by atoms with E-state index in [2.05, 4.69) is 10.3 Å². The molecule has 30 heavy (non-hydrogen) atoms. The molecule has 1 aromatic carbocycles. The van der Waals surface area contributed by atoms with E-state index in [0.717, 1.165) is 27.4 Å². The number of rotatable bonds is 8. The second-order valence-corrected chi connectivity index (χ2v) is 6.86. The second kappa shape index (κ2) is 8.86. The van der Waals surface area contributed by atoms with Crippen LogP contribution in [0.3, 0.4) is 0 Å². The van der Waals surface area contributed by atoms with E-state index in [1.165, 1.54) is 0 Å². The summed E-state index contributed by atoms with van der Waals surface area (Å²) in [5.74, 6) is 2.28. The Labute approximate surface area is 174 Å². The molecule has 3 N–H and O–H groups in total. The van der Waals surface area contributed by atoms with E-state index in [1.807, 2.05) is 18.2 Å². The SMILES string of the molecule is CNc1cc2c(c(N)n1)c(CC1OCCO1)nc1cc(OCCOC)c(OC)cc12. The first-order valence-electron chi connectivity index (χ1n) is 9.78. The summed E-state index contributed by atoms with van der Waals surface area (Å²) in [6.45, 7) is 2.02. The lowest BCUT2D eigenvalue weighted by Gasteiger charge is -2.17. The van der Waals surface area contributed by atoms with E-state index < -0.39 is 0 Å². The van der Waals surface area contributed by atoms with Gasteiger partial charge in [-0.25, -0.2) is 4.98 Å². The van der Waals surface area contributed by atoms with Gasteiger partial charge in [0.1, 0.15) is 18.2 Å². The number of nitrogens with one attached hydrogen (secondary N) is 1. The minimum absolute atomic E-state index is 0.350. The van der Waals surface area contributed by atoms with Gasteiger partial charge in [0, 0.05) is 42.8 Å². The van der Waals surface area contributed by atoms with Crippen LogP contribution in [-0.2, 0) is 20.6 Å². The molecule has 9 heteroatoms. The Bertz CT molecular complexity index is 1050. The van der Waals surface area contributed by atoms with Crippen LogP contribution in [0.1, 0.15) is 5.69 Å². The Kier molecular flexibility index (Phi) is 6.03. The zero-order valence-electron chi connectivity index (χ0n) is 17.4. The number of hydrogen-bond donors (Lipinski definition) is 2. The van der Waals surface area contributed by atoms with Crippen molar-refractivity contribution in [1.29, 1.82) is 0 Å². The van der Waals surface area contributed by atoms with Crippen LogP contribution in [-0.4, -0.2) is 64.0 Å². The van der Waals surface area contributed by atoms with E-state index in [1.54, 1.807) is 21.3 Å². The zero-order valence-corrected chi connectivity index (χ0v) is 17.4. The van der Waals surface area contributed by atoms with Crippen molar-refractivity contribution >= 4 is 33.3 Å². The predicted octanol–water partition coefficient (Wildman–Crippen LogP) is 2.36. The first-order chi connectivity index (χ1) is 14.6. The van der Waals surface area contributed by atoms with E-state index in [-0.39, 0.29) is 6.29 Å². The van der Waals surface area contributed by atoms with E-state index in [9.17, 15) is 0 Å². The summed E-state index contributed by atoms with van der Waals surface area (Å²) >= 11 is 0. The van der Waals surface area contributed by atoms with Crippen molar-refractivity contribution in [3.63, 3.8) is 0 Å². The van der Waals surface area contributed by atoms with Crippen molar-refractivity contribution in [2.24, 2.45) is 0 Å². The third-order valence-corrected chi connectivity index (χ3v) is 5.02. The van der Waals surface area contributed by atoms with E-state index in [4.69, 9.17) is 34.4 Å². The van der Waals surface area contributed by atoms with Crippen molar-refractivity contribution in [1.82, 2.24) is 9.97 Å². The van der Waals surface area contributed by atoms with Gasteiger partial charge in [0.15, 0.2) is 17.8 Å². The highest BCUT2D eigenvalue weighted by atomic mass is 16.7. The molecular weight excluding hydrogens is 388 g/mol. The smallest absolute Gasteiger partial charge is 0.163 e. The van der Waals surface area contributed by atoms with E-state index >= 15 is 0 Å². The molecule has 1 fully saturated rings. The molecule has 1 saturated heterocycles. The minimum atomic E-state index is -0.350. The summed E-state index contributed by atoms with van der Waals surface area (Å²) in [7, 11) is 5.05. The lowest BCUT2D eigenvalue weighted by atomic mass is 10.0. The average Bonchev–Trinajstić information content (AvgIpc) is 3.26. The average molecular weight is 414 g/mol. The largest absolute Gasteiger partial charge is 0.493 e. The molecule has 0 aliphatic carbocycles. The van der Waals surface area contributed by atoms with Gasteiger partial charge < -0.3 is 34.7 Å². The standard InChI is InChI=1S/C21H26N4O5/c1-23-18-9-13-12-8-16(27-3)17(28-5-4-26-2)10-14(12)24-15(20(13)21(22)25-18)11-19-29-6-7-30-19/h8-10,19H,4-7,11H2,1-3H3,(H3,22,23,25). The van der Waals surface area contributed by atoms with Crippen LogP contribution in [0.25, 0.3) is 21.7 Å². The second-order valence-electron chi connectivity index (χ2n) is 6.86. The highest BCUT2D eigenvalue weighted by Crippen LogP contribution is 2.38. The molecule has 0 bridgehead atoms. The molecule has 1 aliphatic heterocycles. The molecule has 160 valence electrons. The van der Waals surface area contributed by atoms with Gasteiger partial charge in [0.2, 0.25) is 0 Å². The number of nitrogens with two attached hydrogens (primary N) is 1. The fourth-order valence-electron chi connectivity index (χ4n) is 3.61. The van der Waals surface area contributed by atoms with Crippen LogP contribution in [0.15, 0.2) is 18.2 Å². The Hall–Kier alpha value is -2.88. The van der Waals surface area contributed by atoms with Crippen LogP contribution >= 0.6 is 0 Å². The number of anilines is 2. The number of aromatic nitrogens is 2. The highest BCUT2D eigenvalue weighted by molar-refractivity contribution is 6.11. The van der Waals surface area contributed by atoms with Gasteiger partial charge in [0.25, 0.3) is 0 Å². The Balaban J connectivity index is 1.91. The summed E-state index contributed by atoms with van der Waals surface area (Å²) in [4.78, 5) is 9.33. The molecule has 0 spiro atoms. The molecule has 0 unspecified atom stereocenters. The Morgan fingerprint density at radius 2 is 1.87 bits per heavy atom. The number of benzene rings is 1. The van der Waals surface area contributed by atoms with Gasteiger partial charge in [-0.2, -0.15) is 0 Å².